The van der Waals surface area contributed by atoms with E-state index in [1.165, 1.54) is 5.56 Å². The van der Waals surface area contributed by atoms with Gasteiger partial charge in [-0.1, -0.05) is 23.8 Å². The van der Waals surface area contributed by atoms with Crippen LogP contribution in [0, 0.1) is 30.9 Å². The normalized spacial score (nSPS) is 14.0. The smallest absolute Gasteiger partial charge is 0.269 e. The van der Waals surface area contributed by atoms with Gasteiger partial charge in [0.15, 0.2) is 0 Å². The number of nitro groups is 1. The van der Waals surface area contributed by atoms with Gasteiger partial charge in [0.1, 0.15) is 0 Å². The number of sulfonamides is 1. The van der Waals surface area contributed by atoms with Crippen LogP contribution in [0.5, 0.6) is 0 Å². The minimum atomic E-state index is -3.52. The zero-order valence-corrected chi connectivity index (χ0v) is 19.8. The summed E-state index contributed by atoms with van der Waals surface area (Å²) < 4.78 is 28.1. The van der Waals surface area contributed by atoms with Gasteiger partial charge < -0.3 is 0 Å². The number of benzene rings is 2. The first kappa shape index (κ1) is 25.3. The lowest BCUT2D eigenvalue weighted by atomic mass is 9.99. The minimum absolute atomic E-state index is 0. The molecular formula is C22H30ClN3O4S. The zero-order chi connectivity index (χ0) is 21.9. The first-order valence-corrected chi connectivity index (χ1v) is 11.7. The lowest BCUT2D eigenvalue weighted by molar-refractivity contribution is -0.385. The summed E-state index contributed by atoms with van der Waals surface area (Å²) in [4.78, 5) is 13.3. The monoisotopic (exact) mass is 467 g/mol. The molecule has 0 unspecified atom stereocenters. The van der Waals surface area contributed by atoms with Gasteiger partial charge in [0, 0.05) is 31.8 Å². The molecule has 0 saturated heterocycles. The highest BCUT2D eigenvalue weighted by atomic mass is 35.5. The molecule has 1 heterocycles. The van der Waals surface area contributed by atoms with Gasteiger partial charge in [-0.3, -0.25) is 15.0 Å². The van der Waals surface area contributed by atoms with E-state index in [1.807, 2.05) is 39.0 Å². The van der Waals surface area contributed by atoms with Crippen molar-refractivity contribution in [2.45, 2.75) is 51.5 Å². The van der Waals surface area contributed by atoms with Crippen molar-refractivity contribution in [2.75, 3.05) is 19.6 Å². The topological polar surface area (TPSA) is 92.6 Å². The molecule has 0 saturated carbocycles. The lowest BCUT2D eigenvalue weighted by Gasteiger charge is -2.28. The summed E-state index contributed by atoms with van der Waals surface area (Å²) in [7, 11) is -3.52. The zero-order valence-electron chi connectivity index (χ0n) is 18.2. The van der Waals surface area contributed by atoms with Crippen molar-refractivity contribution >= 4 is 28.1 Å². The average Bonchev–Trinajstić information content (AvgIpc) is 2.65. The van der Waals surface area contributed by atoms with Crippen LogP contribution >= 0.6 is 12.4 Å². The predicted octanol–water partition coefficient (Wildman–Crippen LogP) is 4.06. The van der Waals surface area contributed by atoms with Crippen molar-refractivity contribution < 1.29 is 13.3 Å². The fourth-order valence-electron chi connectivity index (χ4n) is 4.24. The van der Waals surface area contributed by atoms with Gasteiger partial charge in [0.2, 0.25) is 10.0 Å². The van der Waals surface area contributed by atoms with Gasteiger partial charge in [-0.15, -0.1) is 12.4 Å². The second-order valence-corrected chi connectivity index (χ2v) is 9.77. The summed E-state index contributed by atoms with van der Waals surface area (Å²) in [6.45, 7) is 8.46. The number of rotatable bonds is 8. The molecule has 0 radical (unpaired) electrons. The highest BCUT2D eigenvalue weighted by molar-refractivity contribution is 7.89. The summed E-state index contributed by atoms with van der Waals surface area (Å²) in [6.07, 6.45) is 2.48. The second-order valence-electron chi connectivity index (χ2n) is 8.07. The Kier molecular flexibility index (Phi) is 8.59. The van der Waals surface area contributed by atoms with Crippen molar-refractivity contribution in [3.05, 3.63) is 68.3 Å². The molecule has 0 aliphatic carbocycles. The van der Waals surface area contributed by atoms with Gasteiger partial charge in [-0.25, -0.2) is 13.1 Å². The van der Waals surface area contributed by atoms with Crippen molar-refractivity contribution in [1.29, 1.82) is 0 Å². The summed E-state index contributed by atoms with van der Waals surface area (Å²) >= 11 is 0. The number of halogens is 1. The Labute approximate surface area is 190 Å². The van der Waals surface area contributed by atoms with Crippen LogP contribution in [0.15, 0.2) is 35.2 Å². The van der Waals surface area contributed by atoms with E-state index in [0.29, 0.717) is 18.0 Å². The Hall–Kier alpha value is -2.00. The van der Waals surface area contributed by atoms with E-state index in [1.54, 1.807) is 12.1 Å². The molecule has 9 heteroatoms. The Morgan fingerprint density at radius 2 is 1.74 bits per heavy atom. The summed E-state index contributed by atoms with van der Waals surface area (Å²) in [5.74, 6) is 0. The summed E-state index contributed by atoms with van der Waals surface area (Å²) in [6, 6.07) is 8.87. The van der Waals surface area contributed by atoms with Crippen molar-refractivity contribution in [3.63, 3.8) is 0 Å². The van der Waals surface area contributed by atoms with E-state index in [4.69, 9.17) is 0 Å². The fraction of sp³-hybridized carbons (Fsp3) is 0.455. The molecule has 0 bridgehead atoms. The molecule has 0 fully saturated rings. The predicted molar refractivity (Wildman–Crippen MR) is 124 cm³/mol. The minimum Gasteiger partial charge on any atom is -0.299 e. The quantitative estimate of drug-likeness (QED) is 0.359. The summed E-state index contributed by atoms with van der Waals surface area (Å²) in [5, 5.41) is 11.0. The molecule has 1 aliphatic rings. The maximum atomic E-state index is 12.7. The van der Waals surface area contributed by atoms with Gasteiger partial charge in [0.05, 0.1) is 9.82 Å². The van der Waals surface area contributed by atoms with Crippen LogP contribution in [0.1, 0.15) is 40.7 Å². The Morgan fingerprint density at radius 3 is 2.39 bits per heavy atom. The van der Waals surface area contributed by atoms with Gasteiger partial charge in [0.25, 0.3) is 5.69 Å². The van der Waals surface area contributed by atoms with Crippen LogP contribution in [0.25, 0.3) is 0 Å². The molecule has 170 valence electrons. The second kappa shape index (κ2) is 10.5. The van der Waals surface area contributed by atoms with Crippen LogP contribution in [-0.2, 0) is 23.0 Å². The number of nitrogens with one attached hydrogen (secondary N) is 1. The first-order chi connectivity index (χ1) is 14.2. The Balaban J connectivity index is 0.00000341. The van der Waals surface area contributed by atoms with Crippen LogP contribution in [-0.4, -0.2) is 37.9 Å². The van der Waals surface area contributed by atoms with Crippen molar-refractivity contribution in [1.82, 2.24) is 9.62 Å². The molecular weight excluding hydrogens is 438 g/mol. The van der Waals surface area contributed by atoms with Gasteiger partial charge in [-0.05, 0) is 68.8 Å². The third-order valence-electron chi connectivity index (χ3n) is 5.56. The number of aryl methyl sites for hydroxylation is 3. The maximum absolute atomic E-state index is 12.7. The molecule has 2 aromatic carbocycles. The lowest BCUT2D eigenvalue weighted by Crippen LogP contribution is -2.32. The molecule has 0 aromatic heterocycles. The van der Waals surface area contributed by atoms with Crippen molar-refractivity contribution in [3.8, 4) is 0 Å². The third-order valence-corrected chi connectivity index (χ3v) is 7.32. The maximum Gasteiger partial charge on any atom is 0.269 e. The molecule has 0 amide bonds. The number of fused-ring (bicyclic) bond motifs is 1. The van der Waals surface area contributed by atoms with E-state index in [0.717, 1.165) is 54.6 Å². The van der Waals surface area contributed by atoms with Crippen LogP contribution < -0.4 is 4.72 Å². The van der Waals surface area contributed by atoms with E-state index in [-0.39, 0.29) is 23.0 Å². The van der Waals surface area contributed by atoms with E-state index in [9.17, 15) is 18.5 Å². The number of hydrogen-bond donors (Lipinski definition) is 1. The Morgan fingerprint density at radius 1 is 1.06 bits per heavy atom. The van der Waals surface area contributed by atoms with E-state index in [2.05, 4.69) is 9.62 Å². The molecule has 1 aliphatic heterocycles. The fourth-order valence-corrected chi connectivity index (χ4v) is 5.76. The number of hydrogen-bond acceptors (Lipinski definition) is 5. The van der Waals surface area contributed by atoms with Crippen LogP contribution in [0.2, 0.25) is 0 Å². The largest absolute Gasteiger partial charge is 0.299 e. The summed E-state index contributed by atoms with van der Waals surface area (Å²) in [5.41, 5.74) is 4.90. The van der Waals surface area contributed by atoms with E-state index < -0.39 is 10.0 Å². The molecule has 2 aromatic rings. The molecule has 0 atom stereocenters. The Bertz CT molecular complexity index is 1030. The number of nitro benzene ring substituents is 1. The van der Waals surface area contributed by atoms with Gasteiger partial charge in [-0.2, -0.15) is 0 Å². The van der Waals surface area contributed by atoms with Gasteiger partial charge >= 0.3 is 0 Å². The van der Waals surface area contributed by atoms with Crippen LogP contribution in [0.4, 0.5) is 5.69 Å². The SMILES string of the molecule is Cc1cc(C)c(S(=O)(=O)NCCCCN2CCc3ccc([N+](=O)[O-])cc3C2)c(C)c1.Cl. The highest BCUT2D eigenvalue weighted by Gasteiger charge is 2.20. The number of nitrogens with zero attached hydrogens (tertiary/aromatic N) is 2. The molecule has 31 heavy (non-hydrogen) atoms. The molecule has 0 spiro atoms. The average molecular weight is 468 g/mol. The van der Waals surface area contributed by atoms with E-state index >= 15 is 0 Å². The molecule has 3 rings (SSSR count). The first-order valence-electron chi connectivity index (χ1n) is 10.2. The van der Waals surface area contributed by atoms with Crippen molar-refractivity contribution in [2.24, 2.45) is 0 Å². The highest BCUT2D eigenvalue weighted by Crippen LogP contribution is 2.24. The molecule has 7 nitrogen and oxygen atoms in total. The standard InChI is InChI=1S/C22H29N3O4S.ClH/c1-16-12-17(2)22(18(3)13-16)30(28,29)23-9-4-5-10-24-11-8-19-6-7-21(25(26)27)14-20(19)15-24;/h6-7,12-14,23H,4-5,8-11,15H2,1-3H3;1H. The number of unbranched alkanes of at least 4 members (excludes halogenated alkanes) is 1. The molecule has 1 N–H and O–H groups in total. The third kappa shape index (κ3) is 6.26. The number of non-ortho nitro benzene ring substituents is 1. The van der Waals surface area contributed by atoms with Crippen LogP contribution in [0.3, 0.4) is 0 Å².